The molecule has 1 aliphatic carbocycles. The molecule has 1 unspecified atom stereocenters. The second kappa shape index (κ2) is 7.90. The van der Waals surface area contributed by atoms with E-state index in [1.807, 2.05) is 11.8 Å². The van der Waals surface area contributed by atoms with Crippen LogP contribution in [0.2, 0.25) is 0 Å². The van der Waals surface area contributed by atoms with Crippen LogP contribution in [0.25, 0.3) is 0 Å². The highest BCUT2D eigenvalue weighted by Crippen LogP contribution is 2.30. The first-order valence-corrected chi connectivity index (χ1v) is 8.49. The smallest absolute Gasteiger partial charge is 0.228 e. The lowest BCUT2D eigenvalue weighted by Gasteiger charge is -2.09. The van der Waals surface area contributed by atoms with Gasteiger partial charge in [0.25, 0.3) is 0 Å². The van der Waals surface area contributed by atoms with Crippen molar-refractivity contribution in [2.75, 3.05) is 6.54 Å². The average Bonchev–Trinajstić information content (AvgIpc) is 3.05. The molecular weight excluding hydrogens is 258 g/mol. The largest absolute Gasteiger partial charge is 0.339 e. The standard InChI is InChI=1S/C14H25N3OS/c1-3-8-15-11(2)9-14-16-13(17-18-14)10-19-12-6-4-5-7-12/h11-12,15H,3-10H2,1-2H3. The summed E-state index contributed by atoms with van der Waals surface area (Å²) < 4.78 is 5.32. The SMILES string of the molecule is CCCNC(C)Cc1nc(CSC2CCCC2)no1. The average molecular weight is 283 g/mol. The third-order valence-electron chi connectivity index (χ3n) is 3.48. The number of hydrogen-bond acceptors (Lipinski definition) is 5. The summed E-state index contributed by atoms with van der Waals surface area (Å²) in [4.78, 5) is 4.48. The van der Waals surface area contributed by atoms with Gasteiger partial charge in [0, 0.05) is 17.7 Å². The highest BCUT2D eigenvalue weighted by molar-refractivity contribution is 7.99. The monoisotopic (exact) mass is 283 g/mol. The fourth-order valence-electron chi connectivity index (χ4n) is 2.40. The third kappa shape index (κ3) is 5.15. The predicted octanol–water partition coefficient (Wildman–Crippen LogP) is 3.18. The van der Waals surface area contributed by atoms with Gasteiger partial charge in [-0.3, -0.25) is 0 Å². The topological polar surface area (TPSA) is 51.0 Å². The van der Waals surface area contributed by atoms with Gasteiger partial charge in [0.15, 0.2) is 5.82 Å². The summed E-state index contributed by atoms with van der Waals surface area (Å²) in [6, 6.07) is 0.399. The van der Waals surface area contributed by atoms with Crippen LogP contribution in [-0.2, 0) is 12.2 Å². The molecule has 1 N–H and O–H groups in total. The van der Waals surface area contributed by atoms with Crippen LogP contribution in [0.5, 0.6) is 0 Å². The maximum atomic E-state index is 5.32. The van der Waals surface area contributed by atoms with Gasteiger partial charge >= 0.3 is 0 Å². The van der Waals surface area contributed by atoms with E-state index in [2.05, 4.69) is 29.3 Å². The molecular formula is C14H25N3OS. The summed E-state index contributed by atoms with van der Waals surface area (Å²) in [6.45, 7) is 5.37. The van der Waals surface area contributed by atoms with E-state index in [0.717, 1.165) is 42.1 Å². The molecule has 5 heteroatoms. The number of rotatable bonds is 8. The van der Waals surface area contributed by atoms with E-state index in [-0.39, 0.29) is 0 Å². The van der Waals surface area contributed by atoms with Gasteiger partial charge in [0.2, 0.25) is 5.89 Å². The molecule has 0 bridgehead atoms. The molecule has 1 aromatic rings. The molecule has 1 fully saturated rings. The van der Waals surface area contributed by atoms with Gasteiger partial charge in [-0.1, -0.05) is 24.9 Å². The number of hydrogen-bond donors (Lipinski definition) is 1. The zero-order valence-corrected chi connectivity index (χ0v) is 12.8. The summed E-state index contributed by atoms with van der Waals surface area (Å²) in [5.41, 5.74) is 0. The van der Waals surface area contributed by atoms with E-state index in [9.17, 15) is 0 Å². The Kier molecular flexibility index (Phi) is 6.17. The van der Waals surface area contributed by atoms with E-state index in [1.54, 1.807) is 0 Å². The molecule has 0 amide bonds. The molecule has 19 heavy (non-hydrogen) atoms. The first-order chi connectivity index (χ1) is 9.28. The molecule has 1 saturated carbocycles. The van der Waals surface area contributed by atoms with Crippen LogP contribution in [0, 0.1) is 0 Å². The van der Waals surface area contributed by atoms with Crippen LogP contribution < -0.4 is 5.32 Å². The Balaban J connectivity index is 1.71. The summed E-state index contributed by atoms with van der Waals surface area (Å²) >= 11 is 1.98. The number of thioether (sulfide) groups is 1. The first-order valence-electron chi connectivity index (χ1n) is 7.44. The highest BCUT2D eigenvalue weighted by Gasteiger charge is 2.17. The van der Waals surface area contributed by atoms with Crippen LogP contribution in [0.1, 0.15) is 57.7 Å². The van der Waals surface area contributed by atoms with Gasteiger partial charge in [-0.05, 0) is 32.7 Å². The Labute approximate surface area is 120 Å². The van der Waals surface area contributed by atoms with Crippen molar-refractivity contribution in [1.29, 1.82) is 0 Å². The lowest BCUT2D eigenvalue weighted by atomic mass is 10.2. The normalized spacial score (nSPS) is 18.0. The summed E-state index contributed by atoms with van der Waals surface area (Å²) in [7, 11) is 0. The maximum Gasteiger partial charge on any atom is 0.228 e. The number of nitrogens with one attached hydrogen (secondary N) is 1. The van der Waals surface area contributed by atoms with Gasteiger partial charge in [-0.2, -0.15) is 16.7 Å². The van der Waals surface area contributed by atoms with Crippen LogP contribution in [-0.4, -0.2) is 28.0 Å². The maximum absolute atomic E-state index is 5.32. The molecule has 1 atom stereocenters. The summed E-state index contributed by atoms with van der Waals surface area (Å²) in [6.07, 6.45) is 7.45. The Morgan fingerprint density at radius 2 is 2.21 bits per heavy atom. The molecule has 0 aromatic carbocycles. The molecule has 4 nitrogen and oxygen atoms in total. The Morgan fingerprint density at radius 3 is 2.95 bits per heavy atom. The molecule has 0 aliphatic heterocycles. The van der Waals surface area contributed by atoms with Crippen LogP contribution in [0.15, 0.2) is 4.52 Å². The van der Waals surface area contributed by atoms with E-state index in [1.165, 1.54) is 25.7 Å². The minimum absolute atomic E-state index is 0.399. The van der Waals surface area contributed by atoms with Crippen molar-refractivity contribution in [3.8, 4) is 0 Å². The molecule has 0 saturated heterocycles. The van der Waals surface area contributed by atoms with E-state index in [4.69, 9.17) is 4.52 Å². The molecule has 1 aromatic heterocycles. The van der Waals surface area contributed by atoms with Gasteiger partial charge in [-0.25, -0.2) is 0 Å². The molecule has 1 heterocycles. The van der Waals surface area contributed by atoms with Crippen molar-refractivity contribution in [3.63, 3.8) is 0 Å². The van der Waals surface area contributed by atoms with Crippen LogP contribution in [0.3, 0.4) is 0 Å². The van der Waals surface area contributed by atoms with Crippen molar-refractivity contribution in [3.05, 3.63) is 11.7 Å². The van der Waals surface area contributed by atoms with E-state index in [0.29, 0.717) is 6.04 Å². The quantitative estimate of drug-likeness (QED) is 0.794. The predicted molar refractivity (Wildman–Crippen MR) is 79.3 cm³/mol. The second-order valence-electron chi connectivity index (χ2n) is 5.38. The third-order valence-corrected chi connectivity index (χ3v) is 4.85. The number of nitrogens with zero attached hydrogens (tertiary/aromatic N) is 2. The summed E-state index contributed by atoms with van der Waals surface area (Å²) in [5.74, 6) is 2.51. The fraction of sp³-hybridized carbons (Fsp3) is 0.857. The van der Waals surface area contributed by atoms with Crippen molar-refractivity contribution in [2.24, 2.45) is 0 Å². The minimum Gasteiger partial charge on any atom is -0.339 e. The minimum atomic E-state index is 0.399. The zero-order valence-electron chi connectivity index (χ0n) is 12.0. The van der Waals surface area contributed by atoms with E-state index >= 15 is 0 Å². The van der Waals surface area contributed by atoms with Crippen molar-refractivity contribution in [1.82, 2.24) is 15.5 Å². The fourth-order valence-corrected chi connectivity index (χ4v) is 3.57. The van der Waals surface area contributed by atoms with Gasteiger partial charge in [-0.15, -0.1) is 0 Å². The Hall–Kier alpha value is -0.550. The highest BCUT2D eigenvalue weighted by atomic mass is 32.2. The van der Waals surface area contributed by atoms with Gasteiger partial charge in [0.05, 0.1) is 5.75 Å². The molecule has 1 aliphatic rings. The summed E-state index contributed by atoms with van der Waals surface area (Å²) in [5, 5.41) is 8.32. The number of aromatic nitrogens is 2. The molecule has 2 rings (SSSR count). The first kappa shape index (κ1) is 14.9. The van der Waals surface area contributed by atoms with Crippen molar-refractivity contribution in [2.45, 2.75) is 69.4 Å². The lowest BCUT2D eigenvalue weighted by Crippen LogP contribution is -2.28. The Morgan fingerprint density at radius 1 is 1.42 bits per heavy atom. The van der Waals surface area contributed by atoms with E-state index < -0.39 is 0 Å². The lowest BCUT2D eigenvalue weighted by molar-refractivity contribution is 0.358. The van der Waals surface area contributed by atoms with Gasteiger partial charge in [0.1, 0.15) is 0 Å². The van der Waals surface area contributed by atoms with Crippen molar-refractivity contribution < 1.29 is 4.52 Å². The van der Waals surface area contributed by atoms with Crippen LogP contribution >= 0.6 is 11.8 Å². The van der Waals surface area contributed by atoms with Crippen molar-refractivity contribution >= 4 is 11.8 Å². The van der Waals surface area contributed by atoms with Gasteiger partial charge < -0.3 is 9.84 Å². The molecule has 0 radical (unpaired) electrons. The second-order valence-corrected chi connectivity index (χ2v) is 6.67. The zero-order chi connectivity index (χ0) is 13.5. The molecule has 108 valence electrons. The molecule has 0 spiro atoms. The Bertz CT molecular complexity index is 363. The van der Waals surface area contributed by atoms with Crippen LogP contribution in [0.4, 0.5) is 0 Å².